The molecule has 0 unspecified atom stereocenters. The molecule has 72 valence electrons. The number of anilines is 1. The zero-order valence-electron chi connectivity index (χ0n) is 8.52. The standard InChI is InChI=1S/C10H17N3/c1-8-9(6-7-11-2)4-5-10(12-3)13-8/h4-5,11H,6-7H2,1-3H3,(H,12,13). The number of hydrogen-bond donors (Lipinski definition) is 2. The van der Waals surface area contributed by atoms with Gasteiger partial charge in [0.2, 0.25) is 0 Å². The Balaban J connectivity index is 2.73. The number of aryl methyl sites for hydroxylation is 1. The molecule has 0 aliphatic heterocycles. The van der Waals surface area contributed by atoms with Gasteiger partial charge in [-0.15, -0.1) is 0 Å². The van der Waals surface area contributed by atoms with Crippen LogP contribution in [0.2, 0.25) is 0 Å². The number of likely N-dealkylation sites (N-methyl/N-ethyl adjacent to an activating group) is 1. The molecule has 1 rings (SSSR count). The van der Waals surface area contributed by atoms with Crippen molar-refractivity contribution in [1.29, 1.82) is 0 Å². The van der Waals surface area contributed by atoms with Crippen LogP contribution in [0.1, 0.15) is 11.3 Å². The Kier molecular flexibility index (Phi) is 3.71. The zero-order valence-corrected chi connectivity index (χ0v) is 8.52. The van der Waals surface area contributed by atoms with Crippen LogP contribution < -0.4 is 10.6 Å². The Morgan fingerprint density at radius 1 is 1.31 bits per heavy atom. The SMILES string of the molecule is CNCCc1ccc(NC)nc1C. The van der Waals surface area contributed by atoms with Gasteiger partial charge in [-0.25, -0.2) is 4.98 Å². The highest BCUT2D eigenvalue weighted by molar-refractivity contribution is 5.37. The fourth-order valence-electron chi connectivity index (χ4n) is 1.25. The minimum atomic E-state index is 0.936. The third kappa shape index (κ3) is 2.70. The number of aromatic nitrogens is 1. The number of hydrogen-bond acceptors (Lipinski definition) is 3. The van der Waals surface area contributed by atoms with Gasteiger partial charge in [0, 0.05) is 12.7 Å². The van der Waals surface area contributed by atoms with Crippen LogP contribution in [-0.2, 0) is 6.42 Å². The largest absolute Gasteiger partial charge is 0.373 e. The molecule has 0 radical (unpaired) electrons. The predicted octanol–water partition coefficient (Wildman–Crippen LogP) is 1.19. The van der Waals surface area contributed by atoms with E-state index < -0.39 is 0 Å². The number of rotatable bonds is 4. The molecule has 1 aromatic heterocycles. The normalized spacial score (nSPS) is 10.1. The van der Waals surface area contributed by atoms with Crippen molar-refractivity contribution in [1.82, 2.24) is 10.3 Å². The monoisotopic (exact) mass is 179 g/mol. The lowest BCUT2D eigenvalue weighted by Gasteiger charge is -2.06. The van der Waals surface area contributed by atoms with Gasteiger partial charge in [-0.1, -0.05) is 6.07 Å². The molecule has 1 heterocycles. The van der Waals surface area contributed by atoms with E-state index in [1.165, 1.54) is 5.56 Å². The minimum absolute atomic E-state index is 0.936. The van der Waals surface area contributed by atoms with Crippen LogP contribution >= 0.6 is 0 Å². The second kappa shape index (κ2) is 4.82. The van der Waals surface area contributed by atoms with Gasteiger partial charge < -0.3 is 10.6 Å². The van der Waals surface area contributed by atoms with Gasteiger partial charge in [0.1, 0.15) is 5.82 Å². The summed E-state index contributed by atoms with van der Waals surface area (Å²) in [5.74, 6) is 0.936. The van der Waals surface area contributed by atoms with Crippen LogP contribution in [-0.4, -0.2) is 25.6 Å². The Bertz CT molecular complexity index is 271. The minimum Gasteiger partial charge on any atom is -0.373 e. The Hall–Kier alpha value is -1.09. The van der Waals surface area contributed by atoms with Crippen molar-refractivity contribution < 1.29 is 0 Å². The molecule has 1 aromatic rings. The van der Waals surface area contributed by atoms with Crippen molar-refractivity contribution in [3.05, 3.63) is 23.4 Å². The molecule has 0 amide bonds. The van der Waals surface area contributed by atoms with Gasteiger partial charge in [0.25, 0.3) is 0 Å². The lowest BCUT2D eigenvalue weighted by Crippen LogP contribution is -2.11. The molecule has 0 atom stereocenters. The van der Waals surface area contributed by atoms with Gasteiger partial charge in [0.05, 0.1) is 0 Å². The molecule has 0 aliphatic carbocycles. The Labute approximate surface area is 79.6 Å². The highest BCUT2D eigenvalue weighted by atomic mass is 15.0. The van der Waals surface area contributed by atoms with E-state index in [0.717, 1.165) is 24.5 Å². The molecule has 3 nitrogen and oxygen atoms in total. The summed E-state index contributed by atoms with van der Waals surface area (Å²) < 4.78 is 0. The zero-order chi connectivity index (χ0) is 9.68. The molecule has 0 aliphatic rings. The molecule has 0 bridgehead atoms. The van der Waals surface area contributed by atoms with Gasteiger partial charge in [-0.3, -0.25) is 0 Å². The maximum atomic E-state index is 4.41. The lowest BCUT2D eigenvalue weighted by atomic mass is 10.1. The van der Waals surface area contributed by atoms with Crippen molar-refractivity contribution >= 4 is 5.82 Å². The summed E-state index contributed by atoms with van der Waals surface area (Å²) in [6.45, 7) is 3.05. The molecule has 0 saturated heterocycles. The fraction of sp³-hybridized carbons (Fsp3) is 0.500. The quantitative estimate of drug-likeness (QED) is 0.729. The summed E-state index contributed by atoms with van der Waals surface area (Å²) in [5, 5.41) is 6.15. The second-order valence-electron chi connectivity index (χ2n) is 3.04. The van der Waals surface area contributed by atoms with E-state index in [1.54, 1.807) is 0 Å². The van der Waals surface area contributed by atoms with Crippen LogP contribution in [0.3, 0.4) is 0 Å². The molecule has 2 N–H and O–H groups in total. The lowest BCUT2D eigenvalue weighted by molar-refractivity contribution is 0.785. The first-order valence-corrected chi connectivity index (χ1v) is 4.57. The van der Waals surface area contributed by atoms with E-state index in [1.807, 2.05) is 27.1 Å². The first kappa shape index (κ1) is 9.99. The average molecular weight is 179 g/mol. The van der Waals surface area contributed by atoms with Crippen LogP contribution in [0.25, 0.3) is 0 Å². The van der Waals surface area contributed by atoms with Crippen LogP contribution in [0.5, 0.6) is 0 Å². The Morgan fingerprint density at radius 2 is 2.08 bits per heavy atom. The summed E-state index contributed by atoms with van der Waals surface area (Å²) in [7, 11) is 3.85. The van der Waals surface area contributed by atoms with Crippen LogP contribution in [0.15, 0.2) is 12.1 Å². The summed E-state index contributed by atoms with van der Waals surface area (Å²) in [4.78, 5) is 4.41. The first-order valence-electron chi connectivity index (χ1n) is 4.57. The van der Waals surface area contributed by atoms with E-state index in [4.69, 9.17) is 0 Å². The molecule has 0 aromatic carbocycles. The molecule has 3 heteroatoms. The second-order valence-corrected chi connectivity index (χ2v) is 3.04. The van der Waals surface area contributed by atoms with Crippen LogP contribution in [0.4, 0.5) is 5.82 Å². The third-order valence-electron chi connectivity index (χ3n) is 2.10. The first-order chi connectivity index (χ1) is 6.27. The van der Waals surface area contributed by atoms with Gasteiger partial charge in [0.15, 0.2) is 0 Å². The van der Waals surface area contributed by atoms with E-state index in [9.17, 15) is 0 Å². The van der Waals surface area contributed by atoms with E-state index in [-0.39, 0.29) is 0 Å². The number of nitrogens with zero attached hydrogens (tertiary/aromatic N) is 1. The van der Waals surface area contributed by atoms with Crippen molar-refractivity contribution in [2.45, 2.75) is 13.3 Å². The average Bonchev–Trinajstić information content (AvgIpc) is 2.16. The summed E-state index contributed by atoms with van der Waals surface area (Å²) in [5.41, 5.74) is 2.43. The highest BCUT2D eigenvalue weighted by Gasteiger charge is 1.99. The fourth-order valence-corrected chi connectivity index (χ4v) is 1.25. The Morgan fingerprint density at radius 3 is 2.62 bits per heavy atom. The van der Waals surface area contributed by atoms with Crippen molar-refractivity contribution in [2.75, 3.05) is 26.0 Å². The van der Waals surface area contributed by atoms with Gasteiger partial charge in [-0.05, 0) is 38.6 Å². The van der Waals surface area contributed by atoms with E-state index >= 15 is 0 Å². The summed E-state index contributed by atoms with van der Waals surface area (Å²) in [6.07, 6.45) is 1.04. The molecule has 0 fully saturated rings. The predicted molar refractivity (Wildman–Crippen MR) is 56.2 cm³/mol. The topological polar surface area (TPSA) is 37.0 Å². The summed E-state index contributed by atoms with van der Waals surface area (Å²) >= 11 is 0. The van der Waals surface area contributed by atoms with Crippen molar-refractivity contribution in [3.63, 3.8) is 0 Å². The van der Waals surface area contributed by atoms with E-state index in [0.29, 0.717) is 0 Å². The number of pyridine rings is 1. The maximum Gasteiger partial charge on any atom is 0.125 e. The van der Waals surface area contributed by atoms with Crippen LogP contribution in [0, 0.1) is 6.92 Å². The summed E-state index contributed by atoms with van der Waals surface area (Å²) in [6, 6.07) is 4.14. The molecular weight excluding hydrogens is 162 g/mol. The van der Waals surface area contributed by atoms with Crippen molar-refractivity contribution in [2.24, 2.45) is 0 Å². The molecular formula is C10H17N3. The highest BCUT2D eigenvalue weighted by Crippen LogP contribution is 2.09. The maximum absolute atomic E-state index is 4.41. The van der Waals surface area contributed by atoms with Gasteiger partial charge in [-0.2, -0.15) is 0 Å². The van der Waals surface area contributed by atoms with Gasteiger partial charge >= 0.3 is 0 Å². The molecule has 0 spiro atoms. The number of nitrogens with one attached hydrogen (secondary N) is 2. The third-order valence-corrected chi connectivity index (χ3v) is 2.10. The molecule has 0 saturated carbocycles. The van der Waals surface area contributed by atoms with Crippen molar-refractivity contribution in [3.8, 4) is 0 Å². The van der Waals surface area contributed by atoms with E-state index in [2.05, 4.69) is 21.7 Å². The smallest absolute Gasteiger partial charge is 0.125 e. The molecule has 13 heavy (non-hydrogen) atoms.